The van der Waals surface area contributed by atoms with Crippen LogP contribution in [-0.4, -0.2) is 25.6 Å². The van der Waals surface area contributed by atoms with Crippen molar-refractivity contribution < 1.29 is 19.1 Å². The van der Waals surface area contributed by atoms with Gasteiger partial charge in [0.2, 0.25) is 5.91 Å². The quantitative estimate of drug-likeness (QED) is 0.815. The summed E-state index contributed by atoms with van der Waals surface area (Å²) in [4.78, 5) is 23.8. The van der Waals surface area contributed by atoms with Crippen molar-refractivity contribution in [2.24, 2.45) is 0 Å². The smallest absolute Gasteiger partial charge is 0.341 e. The first-order chi connectivity index (χ1) is 8.13. The van der Waals surface area contributed by atoms with Crippen molar-refractivity contribution in [3.05, 3.63) is 16.0 Å². The molecule has 0 atom stereocenters. The van der Waals surface area contributed by atoms with Gasteiger partial charge in [-0.15, -0.1) is 11.3 Å². The lowest BCUT2D eigenvalue weighted by molar-refractivity contribution is -0.114. The van der Waals surface area contributed by atoms with Gasteiger partial charge in [-0.05, 0) is 12.0 Å². The average molecular weight is 255 g/mol. The molecule has 92 valence electrons. The van der Waals surface area contributed by atoms with Gasteiger partial charge in [-0.1, -0.05) is 0 Å². The second-order valence-electron chi connectivity index (χ2n) is 3.68. The summed E-state index contributed by atoms with van der Waals surface area (Å²) in [6.07, 6.45) is 0.676. The van der Waals surface area contributed by atoms with E-state index >= 15 is 0 Å². The maximum atomic E-state index is 11.7. The lowest BCUT2D eigenvalue weighted by Gasteiger charge is -2.12. The Hall–Kier alpha value is -1.40. The van der Waals surface area contributed by atoms with Gasteiger partial charge in [0, 0.05) is 11.8 Å². The van der Waals surface area contributed by atoms with Gasteiger partial charge in [-0.3, -0.25) is 4.79 Å². The van der Waals surface area contributed by atoms with Crippen LogP contribution in [0.4, 0.5) is 5.00 Å². The SMILES string of the molecule is COC(=O)c1c(NC(C)=O)sc2c1CCOC2. The van der Waals surface area contributed by atoms with Crippen LogP contribution in [0, 0.1) is 0 Å². The van der Waals surface area contributed by atoms with E-state index in [0.717, 1.165) is 10.4 Å². The molecule has 1 aliphatic heterocycles. The fourth-order valence-corrected chi connectivity index (χ4v) is 3.02. The molecule has 0 saturated heterocycles. The third-order valence-electron chi connectivity index (χ3n) is 2.50. The van der Waals surface area contributed by atoms with Gasteiger partial charge in [0.15, 0.2) is 0 Å². The first-order valence-corrected chi connectivity index (χ1v) is 6.03. The fraction of sp³-hybridized carbons (Fsp3) is 0.455. The summed E-state index contributed by atoms with van der Waals surface area (Å²) in [5.74, 6) is -0.609. The van der Waals surface area contributed by atoms with Gasteiger partial charge >= 0.3 is 5.97 Å². The Morgan fingerprint density at radius 1 is 1.47 bits per heavy atom. The summed E-state index contributed by atoms with van der Waals surface area (Å²) in [7, 11) is 1.34. The molecule has 1 aliphatic rings. The molecule has 1 N–H and O–H groups in total. The molecule has 1 amide bonds. The van der Waals surface area contributed by atoms with Gasteiger partial charge in [-0.25, -0.2) is 4.79 Å². The molecule has 2 heterocycles. The molecule has 1 aromatic rings. The van der Waals surface area contributed by atoms with Crippen LogP contribution in [0.2, 0.25) is 0 Å². The van der Waals surface area contributed by atoms with Gasteiger partial charge in [0.25, 0.3) is 0 Å². The number of rotatable bonds is 2. The number of amides is 1. The molecule has 2 rings (SSSR count). The highest BCUT2D eigenvalue weighted by Crippen LogP contribution is 2.36. The Bertz CT molecular complexity index is 466. The number of esters is 1. The van der Waals surface area contributed by atoms with E-state index in [1.165, 1.54) is 25.4 Å². The predicted molar refractivity (Wildman–Crippen MR) is 63.3 cm³/mol. The van der Waals surface area contributed by atoms with Gasteiger partial charge in [0.1, 0.15) is 5.00 Å². The van der Waals surface area contributed by atoms with Crippen molar-refractivity contribution in [2.45, 2.75) is 20.0 Å². The fourth-order valence-electron chi connectivity index (χ4n) is 1.80. The molecule has 6 heteroatoms. The minimum Gasteiger partial charge on any atom is -0.465 e. The lowest BCUT2D eigenvalue weighted by Crippen LogP contribution is -2.14. The first-order valence-electron chi connectivity index (χ1n) is 5.21. The number of ether oxygens (including phenoxy) is 2. The zero-order chi connectivity index (χ0) is 12.4. The topological polar surface area (TPSA) is 64.6 Å². The molecule has 0 saturated carbocycles. The van der Waals surface area contributed by atoms with Gasteiger partial charge in [0.05, 0.1) is 25.9 Å². The number of anilines is 1. The van der Waals surface area contributed by atoms with E-state index < -0.39 is 5.97 Å². The monoisotopic (exact) mass is 255 g/mol. The van der Waals surface area contributed by atoms with Crippen LogP contribution in [0.15, 0.2) is 0 Å². The molecule has 17 heavy (non-hydrogen) atoms. The zero-order valence-electron chi connectivity index (χ0n) is 9.66. The normalized spacial score (nSPS) is 14.0. The Balaban J connectivity index is 2.46. The molecular formula is C11H13NO4S. The highest BCUT2D eigenvalue weighted by Gasteiger charge is 2.26. The standard InChI is InChI=1S/C11H13NO4S/c1-6(13)12-10-9(11(14)15-2)7-3-4-16-5-8(7)17-10/h3-5H2,1-2H3,(H,12,13). The highest BCUT2D eigenvalue weighted by atomic mass is 32.1. The first kappa shape index (κ1) is 12.1. The van der Waals surface area contributed by atoms with Crippen molar-refractivity contribution in [3.8, 4) is 0 Å². The lowest BCUT2D eigenvalue weighted by atomic mass is 10.1. The number of hydrogen-bond acceptors (Lipinski definition) is 5. The van der Waals surface area contributed by atoms with Crippen LogP contribution >= 0.6 is 11.3 Å². The van der Waals surface area contributed by atoms with Crippen molar-refractivity contribution in [1.29, 1.82) is 0 Å². The molecule has 5 nitrogen and oxygen atoms in total. The molecule has 0 bridgehead atoms. The summed E-state index contributed by atoms with van der Waals surface area (Å²) in [5, 5.41) is 3.22. The van der Waals surface area contributed by atoms with Crippen LogP contribution in [-0.2, 0) is 27.3 Å². The Labute approximate surface area is 103 Å². The number of carbonyl (C=O) groups excluding carboxylic acids is 2. The Morgan fingerprint density at radius 3 is 2.88 bits per heavy atom. The third kappa shape index (κ3) is 2.32. The number of thiophene rings is 1. The summed E-state index contributed by atoms with van der Waals surface area (Å²) >= 11 is 1.38. The van der Waals surface area contributed by atoms with E-state index in [0.29, 0.717) is 30.2 Å². The summed E-state index contributed by atoms with van der Waals surface area (Å²) < 4.78 is 10.1. The minimum absolute atomic E-state index is 0.199. The maximum Gasteiger partial charge on any atom is 0.341 e. The van der Waals surface area contributed by atoms with Crippen molar-refractivity contribution in [2.75, 3.05) is 19.0 Å². The number of carbonyl (C=O) groups is 2. The zero-order valence-corrected chi connectivity index (χ0v) is 10.5. The summed E-state index contributed by atoms with van der Waals surface area (Å²) in [5.41, 5.74) is 1.42. The summed E-state index contributed by atoms with van der Waals surface area (Å²) in [6.45, 7) is 2.49. The molecule has 0 radical (unpaired) electrons. The number of fused-ring (bicyclic) bond motifs is 1. The van der Waals surface area contributed by atoms with Crippen LogP contribution in [0.3, 0.4) is 0 Å². The average Bonchev–Trinajstić information content (AvgIpc) is 2.65. The third-order valence-corrected chi connectivity index (χ3v) is 3.62. The second-order valence-corrected chi connectivity index (χ2v) is 4.79. The maximum absolute atomic E-state index is 11.7. The van der Waals surface area contributed by atoms with E-state index in [1.54, 1.807) is 0 Å². The Morgan fingerprint density at radius 2 is 2.24 bits per heavy atom. The second kappa shape index (κ2) is 4.85. The van der Waals surface area contributed by atoms with E-state index in [-0.39, 0.29) is 5.91 Å². The minimum atomic E-state index is -0.409. The summed E-state index contributed by atoms with van der Waals surface area (Å²) in [6, 6.07) is 0. The molecule has 0 spiro atoms. The van der Waals surface area contributed by atoms with Gasteiger partial charge in [-0.2, -0.15) is 0 Å². The van der Waals surface area contributed by atoms with Crippen LogP contribution in [0.1, 0.15) is 27.7 Å². The molecule has 0 fully saturated rings. The molecule has 0 aromatic carbocycles. The molecule has 1 aromatic heterocycles. The number of nitrogens with one attached hydrogen (secondary N) is 1. The van der Waals surface area contributed by atoms with Crippen molar-refractivity contribution >= 4 is 28.2 Å². The molecular weight excluding hydrogens is 242 g/mol. The van der Waals surface area contributed by atoms with Crippen LogP contribution in [0.25, 0.3) is 0 Å². The van der Waals surface area contributed by atoms with Crippen LogP contribution < -0.4 is 5.32 Å². The van der Waals surface area contributed by atoms with E-state index in [1.807, 2.05) is 0 Å². The predicted octanol–water partition coefficient (Wildman–Crippen LogP) is 1.57. The van der Waals surface area contributed by atoms with E-state index in [4.69, 9.17) is 9.47 Å². The number of methoxy groups -OCH3 is 1. The number of hydrogen-bond donors (Lipinski definition) is 1. The highest BCUT2D eigenvalue weighted by molar-refractivity contribution is 7.17. The molecule has 0 aliphatic carbocycles. The van der Waals surface area contributed by atoms with E-state index in [2.05, 4.69) is 5.32 Å². The largest absolute Gasteiger partial charge is 0.465 e. The van der Waals surface area contributed by atoms with Gasteiger partial charge < -0.3 is 14.8 Å². The van der Waals surface area contributed by atoms with Crippen molar-refractivity contribution in [1.82, 2.24) is 0 Å². The molecule has 0 unspecified atom stereocenters. The van der Waals surface area contributed by atoms with Crippen LogP contribution in [0.5, 0.6) is 0 Å². The van der Waals surface area contributed by atoms with E-state index in [9.17, 15) is 9.59 Å². The van der Waals surface area contributed by atoms with Crippen molar-refractivity contribution in [3.63, 3.8) is 0 Å². The Kier molecular flexibility index (Phi) is 3.44.